The van der Waals surface area contributed by atoms with Crippen molar-refractivity contribution in [2.24, 2.45) is 0 Å². The number of halogens is 1. The van der Waals surface area contributed by atoms with Crippen LogP contribution in [0.15, 0.2) is 54.7 Å². The van der Waals surface area contributed by atoms with Gasteiger partial charge in [0.25, 0.3) is 5.91 Å². The van der Waals surface area contributed by atoms with Crippen LogP contribution in [0, 0.1) is 12.7 Å². The van der Waals surface area contributed by atoms with Crippen molar-refractivity contribution < 1.29 is 9.18 Å². The Labute approximate surface area is 168 Å². The van der Waals surface area contributed by atoms with Gasteiger partial charge in [-0.2, -0.15) is 0 Å². The number of rotatable bonds is 4. The lowest BCUT2D eigenvalue weighted by molar-refractivity contribution is 0.0742. The first kappa shape index (κ1) is 18.8. The number of pyridine rings is 1. The minimum atomic E-state index is -0.489. The highest BCUT2D eigenvalue weighted by atomic mass is 19.1. The Balaban J connectivity index is 1.44. The van der Waals surface area contributed by atoms with Crippen LogP contribution in [0.4, 0.5) is 21.8 Å². The topological polar surface area (TPSA) is 74.2 Å². The summed E-state index contributed by atoms with van der Waals surface area (Å²) in [5.41, 5.74) is 0.112. The van der Waals surface area contributed by atoms with Crippen LogP contribution in [-0.4, -0.2) is 51.9 Å². The maximum Gasteiger partial charge on any atom is 0.256 e. The number of aryl methyl sites for hydroxylation is 1. The number of benzene rings is 1. The van der Waals surface area contributed by atoms with Gasteiger partial charge in [-0.3, -0.25) is 4.79 Å². The molecule has 1 aromatic carbocycles. The largest absolute Gasteiger partial charge is 0.353 e. The Morgan fingerprint density at radius 3 is 2.48 bits per heavy atom. The molecule has 0 unspecified atom stereocenters. The molecule has 1 aliphatic heterocycles. The fraction of sp³-hybridized carbons (Fsp3) is 0.238. The molecule has 3 aromatic rings. The second kappa shape index (κ2) is 8.22. The highest BCUT2D eigenvalue weighted by Gasteiger charge is 2.25. The molecule has 0 aliphatic carbocycles. The zero-order valence-corrected chi connectivity index (χ0v) is 16.0. The molecule has 0 bridgehead atoms. The second-order valence-electron chi connectivity index (χ2n) is 6.76. The monoisotopic (exact) mass is 392 g/mol. The third kappa shape index (κ3) is 4.31. The molecule has 7 nitrogen and oxygen atoms in total. The van der Waals surface area contributed by atoms with E-state index in [4.69, 9.17) is 0 Å². The standard InChI is InChI=1S/C21H21FN6O/c1-15-24-19(26-18-8-4-5-9-23-18)14-20(25-15)27-10-12-28(13-11-27)21(29)16-6-2-3-7-17(16)22/h2-9,14H,10-13H2,1H3,(H,23,24,25,26). The van der Waals surface area contributed by atoms with Gasteiger partial charge < -0.3 is 15.1 Å². The number of piperazine rings is 1. The van der Waals surface area contributed by atoms with Crippen molar-refractivity contribution in [3.8, 4) is 0 Å². The van der Waals surface area contributed by atoms with Crippen molar-refractivity contribution in [1.29, 1.82) is 0 Å². The van der Waals surface area contributed by atoms with Crippen LogP contribution in [0.2, 0.25) is 0 Å². The fourth-order valence-electron chi connectivity index (χ4n) is 3.29. The summed E-state index contributed by atoms with van der Waals surface area (Å²) in [6.45, 7) is 4.06. The van der Waals surface area contributed by atoms with Gasteiger partial charge in [0.1, 0.15) is 29.1 Å². The van der Waals surface area contributed by atoms with E-state index in [0.29, 0.717) is 43.6 Å². The SMILES string of the molecule is Cc1nc(Nc2ccccn2)cc(N2CCN(C(=O)c3ccccc3F)CC2)n1. The van der Waals surface area contributed by atoms with E-state index >= 15 is 0 Å². The number of aromatic nitrogens is 3. The van der Waals surface area contributed by atoms with Crippen LogP contribution in [-0.2, 0) is 0 Å². The van der Waals surface area contributed by atoms with Gasteiger partial charge in [0.2, 0.25) is 0 Å². The maximum absolute atomic E-state index is 13.9. The van der Waals surface area contributed by atoms with E-state index in [0.717, 1.165) is 5.82 Å². The van der Waals surface area contributed by atoms with Gasteiger partial charge in [-0.05, 0) is 31.2 Å². The molecule has 1 amide bonds. The summed E-state index contributed by atoms with van der Waals surface area (Å²) in [6.07, 6.45) is 1.71. The predicted molar refractivity (Wildman–Crippen MR) is 109 cm³/mol. The second-order valence-corrected chi connectivity index (χ2v) is 6.76. The van der Waals surface area contributed by atoms with Gasteiger partial charge in [-0.15, -0.1) is 0 Å². The third-order valence-corrected chi connectivity index (χ3v) is 4.74. The molecule has 0 saturated carbocycles. The summed E-state index contributed by atoms with van der Waals surface area (Å²) >= 11 is 0. The summed E-state index contributed by atoms with van der Waals surface area (Å²) in [5.74, 6) is 2.03. The predicted octanol–water partition coefficient (Wildman–Crippen LogP) is 3.03. The molecular weight excluding hydrogens is 371 g/mol. The summed E-state index contributed by atoms with van der Waals surface area (Å²) in [7, 11) is 0. The first-order chi connectivity index (χ1) is 14.1. The summed E-state index contributed by atoms with van der Waals surface area (Å²) < 4.78 is 13.9. The smallest absolute Gasteiger partial charge is 0.256 e. The quantitative estimate of drug-likeness (QED) is 0.736. The molecule has 2 aromatic heterocycles. The molecule has 8 heteroatoms. The molecule has 1 saturated heterocycles. The molecule has 148 valence electrons. The van der Waals surface area contributed by atoms with E-state index in [9.17, 15) is 9.18 Å². The van der Waals surface area contributed by atoms with Crippen LogP contribution in [0.5, 0.6) is 0 Å². The minimum Gasteiger partial charge on any atom is -0.353 e. The van der Waals surface area contributed by atoms with Crippen molar-refractivity contribution >= 4 is 23.4 Å². The third-order valence-electron chi connectivity index (χ3n) is 4.74. The number of nitrogens with one attached hydrogen (secondary N) is 1. The van der Waals surface area contributed by atoms with Crippen LogP contribution in [0.25, 0.3) is 0 Å². The Hall–Kier alpha value is -3.55. The molecule has 0 atom stereocenters. The minimum absolute atomic E-state index is 0.112. The Kier molecular flexibility index (Phi) is 5.33. The van der Waals surface area contributed by atoms with Crippen molar-refractivity contribution in [3.63, 3.8) is 0 Å². The molecule has 1 fully saturated rings. The van der Waals surface area contributed by atoms with E-state index in [1.54, 1.807) is 23.2 Å². The van der Waals surface area contributed by atoms with Crippen molar-refractivity contribution in [2.75, 3.05) is 36.4 Å². The first-order valence-electron chi connectivity index (χ1n) is 9.42. The van der Waals surface area contributed by atoms with E-state index in [2.05, 4.69) is 25.2 Å². The highest BCUT2D eigenvalue weighted by Crippen LogP contribution is 2.21. The van der Waals surface area contributed by atoms with Crippen LogP contribution in [0.3, 0.4) is 0 Å². The normalized spacial score (nSPS) is 14.0. The number of amides is 1. The van der Waals surface area contributed by atoms with Crippen molar-refractivity contribution in [2.45, 2.75) is 6.92 Å². The number of carbonyl (C=O) groups is 1. The van der Waals surface area contributed by atoms with E-state index in [1.165, 1.54) is 12.1 Å². The van der Waals surface area contributed by atoms with E-state index in [1.807, 2.05) is 31.2 Å². The lowest BCUT2D eigenvalue weighted by Crippen LogP contribution is -2.49. The van der Waals surface area contributed by atoms with Gasteiger partial charge in [0.15, 0.2) is 0 Å². The fourth-order valence-corrected chi connectivity index (χ4v) is 3.29. The van der Waals surface area contributed by atoms with Gasteiger partial charge in [-0.1, -0.05) is 18.2 Å². The Morgan fingerprint density at radius 1 is 1.00 bits per heavy atom. The highest BCUT2D eigenvalue weighted by molar-refractivity contribution is 5.94. The van der Waals surface area contributed by atoms with Gasteiger partial charge >= 0.3 is 0 Å². The average molecular weight is 392 g/mol. The van der Waals surface area contributed by atoms with E-state index in [-0.39, 0.29) is 11.5 Å². The lowest BCUT2D eigenvalue weighted by Gasteiger charge is -2.35. The molecule has 29 heavy (non-hydrogen) atoms. The molecule has 4 rings (SSSR count). The van der Waals surface area contributed by atoms with Crippen molar-refractivity contribution in [3.05, 3.63) is 71.9 Å². The van der Waals surface area contributed by atoms with Gasteiger partial charge in [-0.25, -0.2) is 19.3 Å². The summed E-state index contributed by atoms with van der Waals surface area (Å²) in [5, 5.41) is 3.18. The maximum atomic E-state index is 13.9. The van der Waals surface area contributed by atoms with Gasteiger partial charge in [0, 0.05) is 38.4 Å². The van der Waals surface area contributed by atoms with Crippen molar-refractivity contribution in [1.82, 2.24) is 19.9 Å². The number of carbonyl (C=O) groups excluding carboxylic acids is 1. The number of anilines is 3. The summed E-state index contributed by atoms with van der Waals surface area (Å²) in [4.78, 5) is 29.6. The van der Waals surface area contributed by atoms with Gasteiger partial charge in [0.05, 0.1) is 5.56 Å². The zero-order valence-electron chi connectivity index (χ0n) is 16.0. The molecule has 0 spiro atoms. The molecule has 1 aliphatic rings. The van der Waals surface area contributed by atoms with Crippen LogP contribution >= 0.6 is 0 Å². The Morgan fingerprint density at radius 2 is 1.76 bits per heavy atom. The first-order valence-corrected chi connectivity index (χ1v) is 9.42. The molecule has 1 N–H and O–H groups in total. The zero-order chi connectivity index (χ0) is 20.2. The van der Waals surface area contributed by atoms with E-state index < -0.39 is 5.82 Å². The lowest BCUT2D eigenvalue weighted by atomic mass is 10.1. The number of hydrogen-bond donors (Lipinski definition) is 1. The molecular formula is C21H21FN6O. The summed E-state index contributed by atoms with van der Waals surface area (Å²) in [6, 6.07) is 13.6. The Bertz CT molecular complexity index is 1010. The van der Waals surface area contributed by atoms with Crippen LogP contribution in [0.1, 0.15) is 16.2 Å². The number of nitrogens with zero attached hydrogens (tertiary/aromatic N) is 5. The van der Waals surface area contributed by atoms with Crippen LogP contribution < -0.4 is 10.2 Å². The average Bonchev–Trinajstić information content (AvgIpc) is 2.74. The molecule has 3 heterocycles. The molecule has 0 radical (unpaired) electrons. The number of hydrogen-bond acceptors (Lipinski definition) is 6.